The van der Waals surface area contributed by atoms with Crippen LogP contribution in [-0.2, 0) is 0 Å². The van der Waals surface area contributed by atoms with E-state index in [-0.39, 0.29) is 5.91 Å². The van der Waals surface area contributed by atoms with Crippen molar-refractivity contribution in [2.75, 3.05) is 51.2 Å². The molecule has 2 aliphatic rings. The summed E-state index contributed by atoms with van der Waals surface area (Å²) in [5.41, 5.74) is 1.46. The molecular formula is C21H27N5O. The van der Waals surface area contributed by atoms with E-state index >= 15 is 0 Å². The number of piperazine rings is 1. The van der Waals surface area contributed by atoms with Crippen molar-refractivity contribution in [3.63, 3.8) is 0 Å². The first-order valence-electron chi connectivity index (χ1n) is 9.88. The molecule has 6 nitrogen and oxygen atoms in total. The number of likely N-dealkylation sites (N-methyl/N-ethyl adjacent to an activating group) is 1. The third-order valence-corrected chi connectivity index (χ3v) is 5.43. The highest BCUT2D eigenvalue weighted by Gasteiger charge is 2.23. The van der Waals surface area contributed by atoms with Gasteiger partial charge in [-0.3, -0.25) is 4.79 Å². The molecule has 3 heterocycles. The van der Waals surface area contributed by atoms with Gasteiger partial charge in [-0.1, -0.05) is 30.3 Å². The molecule has 0 saturated carbocycles. The van der Waals surface area contributed by atoms with Crippen LogP contribution in [0.3, 0.4) is 0 Å². The Morgan fingerprint density at radius 2 is 1.59 bits per heavy atom. The van der Waals surface area contributed by atoms with E-state index in [1.54, 1.807) is 0 Å². The standard InChI is InChI=1S/C21H27N5O/c1-24-12-14-25(15-13-24)19-16-18(21(27)26-10-6-3-7-11-26)22-20(23-19)17-8-4-2-5-9-17/h2,4-5,8-9,16H,3,6-7,10-15H2,1H3. The molecule has 2 aliphatic heterocycles. The average Bonchev–Trinajstić information content (AvgIpc) is 2.74. The molecule has 0 spiro atoms. The molecule has 1 amide bonds. The number of anilines is 1. The molecule has 6 heteroatoms. The molecule has 27 heavy (non-hydrogen) atoms. The molecule has 4 rings (SSSR count). The van der Waals surface area contributed by atoms with Gasteiger partial charge in [0.05, 0.1) is 0 Å². The Kier molecular flexibility index (Phi) is 5.34. The van der Waals surface area contributed by atoms with Gasteiger partial charge in [0, 0.05) is 50.9 Å². The Labute approximate surface area is 160 Å². The number of amides is 1. The minimum absolute atomic E-state index is 0.0321. The summed E-state index contributed by atoms with van der Waals surface area (Å²) in [4.78, 5) is 29.1. The van der Waals surface area contributed by atoms with Crippen LogP contribution in [0.5, 0.6) is 0 Å². The number of carbonyl (C=O) groups is 1. The lowest BCUT2D eigenvalue weighted by molar-refractivity contribution is 0.0718. The first-order valence-corrected chi connectivity index (χ1v) is 9.88. The quantitative estimate of drug-likeness (QED) is 0.837. The Morgan fingerprint density at radius 1 is 0.889 bits per heavy atom. The lowest BCUT2D eigenvalue weighted by Gasteiger charge is -2.33. The van der Waals surface area contributed by atoms with Crippen molar-refractivity contribution in [2.24, 2.45) is 0 Å². The van der Waals surface area contributed by atoms with Gasteiger partial charge in [-0.2, -0.15) is 0 Å². The van der Waals surface area contributed by atoms with E-state index in [2.05, 4.69) is 21.8 Å². The summed E-state index contributed by atoms with van der Waals surface area (Å²) >= 11 is 0. The number of benzene rings is 1. The number of hydrogen-bond acceptors (Lipinski definition) is 5. The molecule has 0 N–H and O–H groups in total. The zero-order valence-electron chi connectivity index (χ0n) is 16.0. The van der Waals surface area contributed by atoms with Crippen molar-refractivity contribution in [3.8, 4) is 11.4 Å². The molecule has 1 aromatic heterocycles. The van der Waals surface area contributed by atoms with Gasteiger partial charge in [0.1, 0.15) is 11.5 Å². The van der Waals surface area contributed by atoms with E-state index in [1.165, 1.54) is 6.42 Å². The molecule has 142 valence electrons. The van der Waals surface area contributed by atoms with Crippen LogP contribution in [0, 0.1) is 0 Å². The molecule has 2 fully saturated rings. The monoisotopic (exact) mass is 365 g/mol. The third-order valence-electron chi connectivity index (χ3n) is 5.43. The molecule has 0 aliphatic carbocycles. The van der Waals surface area contributed by atoms with Crippen LogP contribution in [-0.4, -0.2) is 72.0 Å². The van der Waals surface area contributed by atoms with Gasteiger partial charge in [0.2, 0.25) is 0 Å². The van der Waals surface area contributed by atoms with Crippen molar-refractivity contribution in [3.05, 3.63) is 42.1 Å². The second-order valence-corrected chi connectivity index (χ2v) is 7.44. The van der Waals surface area contributed by atoms with Crippen molar-refractivity contribution < 1.29 is 4.79 Å². The van der Waals surface area contributed by atoms with E-state index in [4.69, 9.17) is 4.98 Å². The molecule has 1 aromatic carbocycles. The first-order chi connectivity index (χ1) is 13.2. The predicted octanol–water partition coefficient (Wildman–Crippen LogP) is 2.52. The zero-order chi connectivity index (χ0) is 18.6. The van der Waals surface area contributed by atoms with E-state index < -0.39 is 0 Å². The zero-order valence-corrected chi connectivity index (χ0v) is 16.0. The predicted molar refractivity (Wildman–Crippen MR) is 107 cm³/mol. The Morgan fingerprint density at radius 3 is 2.30 bits per heavy atom. The van der Waals surface area contributed by atoms with Crippen LogP contribution in [0.4, 0.5) is 5.82 Å². The highest BCUT2D eigenvalue weighted by molar-refractivity contribution is 5.93. The number of nitrogens with zero attached hydrogens (tertiary/aromatic N) is 5. The summed E-state index contributed by atoms with van der Waals surface area (Å²) in [7, 11) is 2.14. The van der Waals surface area contributed by atoms with Gasteiger partial charge >= 0.3 is 0 Å². The first kappa shape index (κ1) is 17.9. The number of carbonyl (C=O) groups excluding carboxylic acids is 1. The maximum Gasteiger partial charge on any atom is 0.272 e. The third kappa shape index (κ3) is 4.11. The van der Waals surface area contributed by atoms with Gasteiger partial charge in [-0.05, 0) is 26.3 Å². The molecular weight excluding hydrogens is 338 g/mol. The van der Waals surface area contributed by atoms with Gasteiger partial charge in [0.15, 0.2) is 5.82 Å². The topological polar surface area (TPSA) is 52.6 Å². The van der Waals surface area contributed by atoms with E-state index in [0.717, 1.165) is 63.5 Å². The largest absolute Gasteiger partial charge is 0.354 e. The molecule has 2 saturated heterocycles. The summed E-state index contributed by atoms with van der Waals surface area (Å²) in [5, 5.41) is 0. The summed E-state index contributed by atoms with van der Waals surface area (Å²) in [6.45, 7) is 5.49. The minimum atomic E-state index is 0.0321. The average molecular weight is 365 g/mol. The summed E-state index contributed by atoms with van der Waals surface area (Å²) in [6.07, 6.45) is 3.36. The maximum absolute atomic E-state index is 13.1. The number of piperidine rings is 1. The minimum Gasteiger partial charge on any atom is -0.354 e. The Balaban J connectivity index is 1.69. The highest BCUT2D eigenvalue weighted by Crippen LogP contribution is 2.23. The second-order valence-electron chi connectivity index (χ2n) is 7.44. The summed E-state index contributed by atoms with van der Waals surface area (Å²) in [5.74, 6) is 1.52. The fraction of sp³-hybridized carbons (Fsp3) is 0.476. The van der Waals surface area contributed by atoms with Gasteiger partial charge in [-0.15, -0.1) is 0 Å². The number of aromatic nitrogens is 2. The van der Waals surface area contributed by atoms with Crippen molar-refractivity contribution >= 4 is 11.7 Å². The molecule has 0 unspecified atom stereocenters. The SMILES string of the molecule is CN1CCN(c2cc(C(=O)N3CCCCC3)nc(-c3ccccc3)n2)CC1. The smallest absolute Gasteiger partial charge is 0.272 e. The van der Waals surface area contributed by atoms with Crippen LogP contribution in [0.25, 0.3) is 11.4 Å². The van der Waals surface area contributed by atoms with Crippen molar-refractivity contribution in [1.29, 1.82) is 0 Å². The molecule has 0 bridgehead atoms. The van der Waals surface area contributed by atoms with Crippen LogP contribution >= 0.6 is 0 Å². The second kappa shape index (κ2) is 8.05. The van der Waals surface area contributed by atoms with Crippen molar-refractivity contribution in [1.82, 2.24) is 19.8 Å². The lowest BCUT2D eigenvalue weighted by Crippen LogP contribution is -2.45. The Hall–Kier alpha value is -2.47. The molecule has 0 atom stereocenters. The van der Waals surface area contributed by atoms with Crippen LogP contribution in [0.2, 0.25) is 0 Å². The van der Waals surface area contributed by atoms with E-state index in [9.17, 15) is 4.79 Å². The fourth-order valence-corrected chi connectivity index (χ4v) is 3.72. The van der Waals surface area contributed by atoms with Crippen LogP contribution in [0.1, 0.15) is 29.8 Å². The maximum atomic E-state index is 13.1. The van der Waals surface area contributed by atoms with E-state index in [1.807, 2.05) is 41.3 Å². The fourth-order valence-electron chi connectivity index (χ4n) is 3.72. The van der Waals surface area contributed by atoms with Gasteiger partial charge in [-0.25, -0.2) is 9.97 Å². The van der Waals surface area contributed by atoms with Gasteiger partial charge in [0.25, 0.3) is 5.91 Å². The number of rotatable bonds is 3. The molecule has 2 aromatic rings. The summed E-state index contributed by atoms with van der Waals surface area (Å²) < 4.78 is 0. The number of hydrogen-bond donors (Lipinski definition) is 0. The lowest BCUT2D eigenvalue weighted by atomic mass is 10.1. The van der Waals surface area contributed by atoms with Crippen LogP contribution in [0.15, 0.2) is 36.4 Å². The Bertz CT molecular complexity index is 780. The molecule has 0 radical (unpaired) electrons. The summed E-state index contributed by atoms with van der Waals surface area (Å²) in [6, 6.07) is 11.8. The van der Waals surface area contributed by atoms with Crippen molar-refractivity contribution in [2.45, 2.75) is 19.3 Å². The number of likely N-dealkylation sites (tertiary alicyclic amines) is 1. The van der Waals surface area contributed by atoms with Gasteiger partial charge < -0.3 is 14.7 Å². The van der Waals surface area contributed by atoms with E-state index in [0.29, 0.717) is 11.5 Å². The van der Waals surface area contributed by atoms with Crippen LogP contribution < -0.4 is 4.90 Å². The highest BCUT2D eigenvalue weighted by atomic mass is 16.2. The normalized spacial score (nSPS) is 18.6.